The van der Waals surface area contributed by atoms with E-state index in [4.69, 9.17) is 20.2 Å². The van der Waals surface area contributed by atoms with Crippen LogP contribution in [-0.2, 0) is 0 Å². The Morgan fingerprint density at radius 1 is 0.647 bits per heavy atom. The molecule has 0 aliphatic carbocycles. The van der Waals surface area contributed by atoms with Crippen molar-refractivity contribution in [2.24, 2.45) is 0 Å². The summed E-state index contributed by atoms with van der Waals surface area (Å²) in [4.78, 5) is 10.1. The summed E-state index contributed by atoms with van der Waals surface area (Å²) < 4.78 is 4.11. The fourth-order valence-electron chi connectivity index (χ4n) is 5.58. The van der Waals surface area contributed by atoms with Crippen LogP contribution in [0.15, 0.2) is 12.1 Å². The molecule has 0 fully saturated rings. The van der Waals surface area contributed by atoms with Crippen LogP contribution in [0.1, 0.15) is 112 Å². The van der Waals surface area contributed by atoms with Crippen LogP contribution in [0.25, 0.3) is 22.7 Å². The van der Waals surface area contributed by atoms with Crippen molar-refractivity contribution in [3.05, 3.63) is 46.0 Å². The highest BCUT2D eigenvalue weighted by Gasteiger charge is 2.26. The normalized spacial score (nSPS) is 12.2. The zero-order valence-corrected chi connectivity index (χ0v) is 22.2. The van der Waals surface area contributed by atoms with Crippen molar-refractivity contribution in [2.75, 3.05) is 0 Å². The van der Waals surface area contributed by atoms with Gasteiger partial charge in [0.2, 0.25) is 0 Å². The lowest BCUT2D eigenvalue weighted by molar-refractivity contribution is 0.559. The van der Waals surface area contributed by atoms with E-state index in [2.05, 4.69) is 72.0 Å². The van der Waals surface area contributed by atoms with Crippen LogP contribution >= 0.6 is 0 Å². The molecule has 0 bridgehead atoms. The average Bonchev–Trinajstić information content (AvgIpc) is 3.28. The molecule has 0 saturated carbocycles. The van der Waals surface area contributed by atoms with Crippen LogP contribution in [0.2, 0.25) is 0 Å². The summed E-state index contributed by atoms with van der Waals surface area (Å²) in [6, 6.07) is 4.46. The number of imidazole rings is 2. The summed E-state index contributed by atoms with van der Waals surface area (Å²) in [5.74, 6) is 0.969. The first-order valence-electron chi connectivity index (χ1n) is 13.1. The summed E-state index contributed by atoms with van der Waals surface area (Å²) in [7, 11) is 0. The van der Waals surface area contributed by atoms with Crippen LogP contribution in [0.5, 0.6) is 0 Å². The van der Waals surface area contributed by atoms with Gasteiger partial charge in [0.15, 0.2) is 11.3 Å². The highest BCUT2D eigenvalue weighted by molar-refractivity contribution is 5.71. The third-order valence-corrected chi connectivity index (χ3v) is 7.18. The van der Waals surface area contributed by atoms with Crippen LogP contribution in [0.3, 0.4) is 0 Å². The van der Waals surface area contributed by atoms with E-state index in [1.165, 1.54) is 36.8 Å². The highest BCUT2D eigenvalue weighted by Crippen LogP contribution is 2.35. The fourth-order valence-corrected chi connectivity index (χ4v) is 5.58. The van der Waals surface area contributed by atoms with Gasteiger partial charge in [-0.25, -0.2) is 19.0 Å². The summed E-state index contributed by atoms with van der Waals surface area (Å²) in [5, 5.41) is 9.90. The minimum absolute atomic E-state index is 0.470. The molecule has 0 spiro atoms. The van der Waals surface area contributed by atoms with E-state index in [0.29, 0.717) is 11.8 Å². The molecular weight excluding hydrogens is 420 g/mol. The second-order valence-electron chi connectivity index (χ2n) is 9.83. The molecule has 182 valence electrons. The van der Waals surface area contributed by atoms with Gasteiger partial charge in [-0.3, -0.25) is 0 Å². The molecule has 0 saturated heterocycles. The molecule has 6 nitrogen and oxygen atoms in total. The van der Waals surface area contributed by atoms with Gasteiger partial charge in [-0.1, -0.05) is 40.5 Å². The first-order valence-corrected chi connectivity index (χ1v) is 13.1. The molecule has 0 aliphatic rings. The van der Waals surface area contributed by atoms with E-state index in [9.17, 15) is 0 Å². The van der Waals surface area contributed by atoms with E-state index in [1.807, 2.05) is 4.52 Å². The lowest BCUT2D eigenvalue weighted by Gasteiger charge is -2.17. The number of aromatic nitrogens is 6. The topological polar surface area (TPSA) is 60.4 Å². The SMILES string of the molecule is CCCC(CCC)c1cc(C)nn2c(-c3c(C)nc4c(C(CC)CC)cc(C)nn34)c(C)nc12. The molecule has 0 radical (unpaired) electrons. The van der Waals surface area contributed by atoms with E-state index in [1.54, 1.807) is 0 Å². The second-order valence-corrected chi connectivity index (χ2v) is 9.83. The Kier molecular flexibility index (Phi) is 7.06. The maximum Gasteiger partial charge on any atom is 0.158 e. The van der Waals surface area contributed by atoms with Crippen molar-refractivity contribution in [1.82, 2.24) is 29.2 Å². The van der Waals surface area contributed by atoms with Crippen molar-refractivity contribution in [3.8, 4) is 11.4 Å². The van der Waals surface area contributed by atoms with Gasteiger partial charge in [0, 0.05) is 11.1 Å². The maximum absolute atomic E-state index is 5.09. The van der Waals surface area contributed by atoms with Crippen molar-refractivity contribution >= 4 is 11.3 Å². The Balaban J connectivity index is 2.02. The van der Waals surface area contributed by atoms with E-state index in [-0.39, 0.29) is 0 Å². The van der Waals surface area contributed by atoms with Gasteiger partial charge in [0.25, 0.3) is 0 Å². The Bertz CT molecular complexity index is 1300. The van der Waals surface area contributed by atoms with Crippen LogP contribution in [-0.4, -0.2) is 29.2 Å². The highest BCUT2D eigenvalue weighted by atomic mass is 15.3. The predicted molar refractivity (Wildman–Crippen MR) is 140 cm³/mol. The van der Waals surface area contributed by atoms with Crippen molar-refractivity contribution < 1.29 is 0 Å². The number of aryl methyl sites for hydroxylation is 4. The van der Waals surface area contributed by atoms with Gasteiger partial charge in [0.1, 0.15) is 11.4 Å². The van der Waals surface area contributed by atoms with Gasteiger partial charge < -0.3 is 0 Å². The molecule has 4 aromatic heterocycles. The van der Waals surface area contributed by atoms with Crippen LogP contribution < -0.4 is 0 Å². The number of hydrogen-bond acceptors (Lipinski definition) is 4. The molecule has 4 aromatic rings. The van der Waals surface area contributed by atoms with Gasteiger partial charge in [0.05, 0.1) is 22.8 Å². The first kappa shape index (κ1) is 24.4. The molecule has 0 amide bonds. The van der Waals surface area contributed by atoms with Gasteiger partial charge in [-0.05, 0) is 77.3 Å². The number of rotatable bonds is 9. The molecule has 0 N–H and O–H groups in total. The Labute approximate surface area is 203 Å². The zero-order valence-electron chi connectivity index (χ0n) is 22.2. The largest absolute Gasteiger partial charge is 0.231 e. The lowest BCUT2D eigenvalue weighted by Crippen LogP contribution is -2.08. The van der Waals surface area contributed by atoms with Crippen molar-refractivity contribution in [1.29, 1.82) is 0 Å². The molecule has 0 atom stereocenters. The predicted octanol–water partition coefficient (Wildman–Crippen LogP) is 7.26. The third kappa shape index (κ3) is 4.12. The minimum atomic E-state index is 0.470. The van der Waals surface area contributed by atoms with Crippen molar-refractivity contribution in [3.63, 3.8) is 0 Å². The van der Waals surface area contributed by atoms with Gasteiger partial charge in [-0.15, -0.1) is 0 Å². The monoisotopic (exact) mass is 460 g/mol. The quantitative estimate of drug-likeness (QED) is 0.264. The molecule has 0 aliphatic heterocycles. The number of fused-ring (bicyclic) bond motifs is 2. The van der Waals surface area contributed by atoms with E-state index < -0.39 is 0 Å². The Morgan fingerprint density at radius 3 is 1.44 bits per heavy atom. The standard InChI is InChI=1S/C28H40N6/c1-9-13-22(14-10-2)24-16-18(6)32-34-26(20(8)30-28(24)34)25-19(7)29-27-23(21(11-3)12-4)15-17(5)31-33(25)27/h15-16,21-22H,9-14H2,1-8H3. The number of nitrogens with zero attached hydrogens (tertiary/aromatic N) is 6. The molecule has 0 unspecified atom stereocenters. The Hall–Kier alpha value is -2.76. The molecule has 0 aromatic carbocycles. The smallest absolute Gasteiger partial charge is 0.158 e. The van der Waals surface area contributed by atoms with Gasteiger partial charge >= 0.3 is 0 Å². The molecule has 6 heteroatoms. The maximum atomic E-state index is 5.09. The fraction of sp³-hybridized carbons (Fsp3) is 0.571. The zero-order chi connectivity index (χ0) is 24.6. The second kappa shape index (κ2) is 9.85. The molecular formula is C28H40N6. The summed E-state index contributed by atoms with van der Waals surface area (Å²) >= 11 is 0. The summed E-state index contributed by atoms with van der Waals surface area (Å²) in [6.07, 6.45) is 6.85. The lowest BCUT2D eigenvalue weighted by atomic mass is 9.91. The van der Waals surface area contributed by atoms with Crippen LogP contribution in [0, 0.1) is 27.7 Å². The average molecular weight is 461 g/mol. The Morgan fingerprint density at radius 2 is 1.06 bits per heavy atom. The van der Waals surface area contributed by atoms with Gasteiger partial charge in [-0.2, -0.15) is 10.2 Å². The van der Waals surface area contributed by atoms with E-state index in [0.717, 1.165) is 58.3 Å². The van der Waals surface area contributed by atoms with Crippen molar-refractivity contribution in [2.45, 2.75) is 106 Å². The third-order valence-electron chi connectivity index (χ3n) is 7.18. The first-order chi connectivity index (χ1) is 16.3. The van der Waals surface area contributed by atoms with Crippen LogP contribution in [0.4, 0.5) is 0 Å². The van der Waals surface area contributed by atoms with E-state index >= 15 is 0 Å². The summed E-state index contributed by atoms with van der Waals surface area (Å²) in [6.45, 7) is 17.4. The molecule has 34 heavy (non-hydrogen) atoms. The number of hydrogen-bond donors (Lipinski definition) is 0. The minimum Gasteiger partial charge on any atom is -0.231 e. The molecule has 4 heterocycles. The summed E-state index contributed by atoms with van der Waals surface area (Å²) in [5.41, 5.74) is 10.5. The molecule has 4 rings (SSSR count).